The van der Waals surface area contributed by atoms with E-state index < -0.39 is 11.9 Å². The number of aryl methyl sites for hydroxylation is 2. The smallest absolute Gasteiger partial charge is 0.872 e. The molecule has 0 saturated heterocycles. The van der Waals surface area contributed by atoms with Crippen LogP contribution in [-0.2, 0) is 78.5 Å². The molecule has 60 heavy (non-hydrogen) atoms. The summed E-state index contributed by atoms with van der Waals surface area (Å²) in [5.41, 5.74) is 5.11. The van der Waals surface area contributed by atoms with Gasteiger partial charge in [0.05, 0.1) is 12.7 Å². The molecule has 0 fully saturated rings. The zero-order valence-electron chi connectivity index (χ0n) is 37.9. The Morgan fingerprint density at radius 2 is 0.883 bits per heavy atom. The largest absolute Gasteiger partial charge is 2.00 e. The minimum atomic E-state index is -1.08. The van der Waals surface area contributed by atoms with Crippen molar-refractivity contribution in [3.63, 3.8) is 0 Å². The summed E-state index contributed by atoms with van der Waals surface area (Å²) in [7, 11) is 0. The first-order chi connectivity index (χ1) is 26.6. The number of rotatable bonds is 10. The van der Waals surface area contributed by atoms with Crippen molar-refractivity contribution in [1.29, 1.82) is 0 Å². The van der Waals surface area contributed by atoms with E-state index in [4.69, 9.17) is 19.8 Å². The van der Waals surface area contributed by atoms with Gasteiger partial charge in [0.1, 0.15) is 0 Å². The number of aromatic nitrogens is 4. The standard InChI is InChI=1S/2C21H31N3O.2C2H4O2.2Cu/c2*1-20(2,3)17-12-16(19(25)18(13-17)21(4,5)6)14-22-8-7-10-24-11-9-23-15-24;2*1-2(3)4;;/h2*9,11-15,25H,7-8,10H2,1-6H3;2*1H3,(H,3,4);;/q;;;;2*+2/p-4. The molecule has 0 atom stereocenters. The second-order valence-electron chi connectivity index (χ2n) is 18.2. The Hall–Kier alpha value is -4.22. The third-order valence-corrected chi connectivity index (χ3v) is 8.57. The number of nitrogens with zero attached hydrogens (tertiary/aromatic N) is 6. The fraction of sp³-hybridized carbons (Fsp3) is 0.522. The number of carbonyl (C=O) groups excluding carboxylic acids is 2. The topological polar surface area (TPSA) is 187 Å². The van der Waals surface area contributed by atoms with Gasteiger partial charge in [-0.3, -0.25) is 9.98 Å². The maximum Gasteiger partial charge on any atom is 2.00 e. The normalized spacial score (nSPS) is 11.6. The summed E-state index contributed by atoms with van der Waals surface area (Å²) in [6, 6.07) is 8.13. The summed E-state index contributed by atoms with van der Waals surface area (Å²) in [5.74, 6) is -1.97. The average molecular weight is 926 g/mol. The van der Waals surface area contributed by atoms with Crippen LogP contribution in [0.4, 0.5) is 0 Å². The summed E-state index contributed by atoms with van der Waals surface area (Å²) in [4.78, 5) is 34.8. The molecule has 338 valence electrons. The third-order valence-electron chi connectivity index (χ3n) is 8.57. The zero-order chi connectivity index (χ0) is 44.5. The molecule has 0 spiro atoms. The molecule has 0 aliphatic rings. The minimum absolute atomic E-state index is 0. The molecule has 2 heterocycles. The van der Waals surface area contributed by atoms with Crippen molar-refractivity contribution in [2.24, 2.45) is 9.98 Å². The Morgan fingerprint density at radius 3 is 1.12 bits per heavy atom. The van der Waals surface area contributed by atoms with Gasteiger partial charge in [-0.05, 0) is 81.7 Å². The Bertz CT molecular complexity index is 1770. The first kappa shape index (κ1) is 57.9. The van der Waals surface area contributed by atoms with E-state index in [2.05, 4.69) is 115 Å². The van der Waals surface area contributed by atoms with Gasteiger partial charge in [0, 0.05) is 75.3 Å². The van der Waals surface area contributed by atoms with Crippen molar-refractivity contribution in [3.05, 3.63) is 95.1 Å². The van der Waals surface area contributed by atoms with E-state index in [1.807, 2.05) is 46.3 Å². The van der Waals surface area contributed by atoms with Gasteiger partial charge >= 0.3 is 34.1 Å². The summed E-state index contributed by atoms with van der Waals surface area (Å²) >= 11 is 0. The monoisotopic (exact) mass is 924 g/mol. The van der Waals surface area contributed by atoms with Gasteiger partial charge in [0.15, 0.2) is 0 Å². The van der Waals surface area contributed by atoms with Crippen LogP contribution in [0.25, 0.3) is 0 Å². The number of hydrogen-bond donors (Lipinski definition) is 0. The van der Waals surface area contributed by atoms with Crippen LogP contribution in [0.5, 0.6) is 11.5 Å². The molecule has 0 bridgehead atoms. The molecular weight excluding hydrogens is 860 g/mol. The quantitative estimate of drug-likeness (QED) is 0.111. The first-order valence-electron chi connectivity index (χ1n) is 19.6. The van der Waals surface area contributed by atoms with Crippen LogP contribution in [-0.4, -0.2) is 56.6 Å². The Kier molecular flexibility index (Phi) is 25.3. The Balaban J connectivity index is 0. The molecule has 2 radical (unpaired) electrons. The molecule has 0 unspecified atom stereocenters. The van der Waals surface area contributed by atoms with E-state index in [-0.39, 0.29) is 67.3 Å². The van der Waals surface area contributed by atoms with Crippen LogP contribution >= 0.6 is 0 Å². The van der Waals surface area contributed by atoms with E-state index in [0.717, 1.165) is 50.9 Å². The molecule has 14 heteroatoms. The molecular formula is C46H66Cu2N6O6. The molecule has 0 aliphatic heterocycles. The van der Waals surface area contributed by atoms with Crippen molar-refractivity contribution in [2.45, 2.75) is 145 Å². The third kappa shape index (κ3) is 22.4. The van der Waals surface area contributed by atoms with Crippen molar-refractivity contribution in [2.75, 3.05) is 13.1 Å². The summed E-state index contributed by atoms with van der Waals surface area (Å²) < 4.78 is 4.07. The minimum Gasteiger partial charge on any atom is -0.872 e. The second kappa shape index (κ2) is 26.2. The number of imidazole rings is 2. The van der Waals surface area contributed by atoms with Crippen LogP contribution in [0.15, 0.2) is 71.7 Å². The number of carbonyl (C=O) groups is 2. The van der Waals surface area contributed by atoms with Gasteiger partial charge in [-0.1, -0.05) is 119 Å². The molecule has 2 aromatic carbocycles. The second-order valence-corrected chi connectivity index (χ2v) is 18.2. The van der Waals surface area contributed by atoms with Gasteiger partial charge in [-0.2, -0.15) is 0 Å². The number of aliphatic imine (C=N–C) groups is 2. The van der Waals surface area contributed by atoms with Crippen molar-refractivity contribution in [3.8, 4) is 11.5 Å². The van der Waals surface area contributed by atoms with Gasteiger partial charge in [-0.15, -0.1) is 0 Å². The summed E-state index contributed by atoms with van der Waals surface area (Å²) in [5, 5.41) is 43.5. The summed E-state index contributed by atoms with van der Waals surface area (Å²) in [6.07, 6.45) is 16.4. The van der Waals surface area contributed by atoms with E-state index >= 15 is 0 Å². The van der Waals surface area contributed by atoms with E-state index in [0.29, 0.717) is 24.2 Å². The van der Waals surface area contributed by atoms with Crippen LogP contribution < -0.4 is 20.4 Å². The molecule has 0 saturated carbocycles. The predicted molar refractivity (Wildman–Crippen MR) is 227 cm³/mol. The predicted octanol–water partition coefficient (Wildman–Crippen LogP) is 5.63. The fourth-order valence-electron chi connectivity index (χ4n) is 5.33. The van der Waals surface area contributed by atoms with E-state index in [9.17, 15) is 10.2 Å². The van der Waals surface area contributed by atoms with Gasteiger partial charge in [0.2, 0.25) is 0 Å². The molecule has 2 aromatic heterocycles. The summed E-state index contributed by atoms with van der Waals surface area (Å²) in [6.45, 7) is 30.7. The number of carboxylic acid groups (broad SMARTS) is 2. The van der Waals surface area contributed by atoms with Gasteiger partial charge in [-0.25, -0.2) is 9.97 Å². The van der Waals surface area contributed by atoms with Crippen LogP contribution in [0, 0.1) is 0 Å². The zero-order valence-corrected chi connectivity index (χ0v) is 39.8. The van der Waals surface area contributed by atoms with Gasteiger partial charge < -0.3 is 39.1 Å². The van der Waals surface area contributed by atoms with Crippen LogP contribution in [0.2, 0.25) is 0 Å². The average Bonchev–Trinajstić information content (AvgIpc) is 3.78. The molecule has 4 rings (SSSR count). The van der Waals surface area contributed by atoms with E-state index in [1.165, 1.54) is 11.1 Å². The Labute approximate surface area is 380 Å². The maximum absolute atomic E-state index is 12.8. The fourth-order valence-corrected chi connectivity index (χ4v) is 5.33. The van der Waals surface area contributed by atoms with Gasteiger partial charge in [0.25, 0.3) is 0 Å². The molecule has 4 aromatic rings. The molecule has 0 aliphatic carbocycles. The van der Waals surface area contributed by atoms with E-state index in [1.54, 1.807) is 24.8 Å². The number of benzene rings is 2. The van der Waals surface area contributed by atoms with Crippen LogP contribution in [0.3, 0.4) is 0 Å². The van der Waals surface area contributed by atoms with Crippen molar-refractivity contribution >= 4 is 24.4 Å². The molecule has 0 amide bonds. The maximum atomic E-state index is 12.8. The van der Waals surface area contributed by atoms with Crippen molar-refractivity contribution < 1.29 is 64.2 Å². The number of hydrogen-bond acceptors (Lipinski definition) is 10. The first-order valence-corrected chi connectivity index (χ1v) is 19.6. The number of carboxylic acids is 2. The number of aliphatic carboxylic acids is 2. The molecule has 0 N–H and O–H groups in total. The molecule has 12 nitrogen and oxygen atoms in total. The van der Waals surface area contributed by atoms with Crippen LogP contribution in [0.1, 0.15) is 143 Å². The Morgan fingerprint density at radius 1 is 0.583 bits per heavy atom. The SMILES string of the molecule is CC(=O)[O-].CC(=O)[O-].CC(C)(C)c1cc(C=NCCCn2ccnc2)c([O-])c(C(C)(C)C)c1.CC(C)(C)c1cc(C=NCCCn2ccnc2)c([O-])c(C(C)(C)C)c1.[Cu+2].[Cu+2]. The van der Waals surface area contributed by atoms with Crippen molar-refractivity contribution in [1.82, 2.24) is 19.1 Å².